The summed E-state index contributed by atoms with van der Waals surface area (Å²) in [6, 6.07) is 10.7. The second kappa shape index (κ2) is 8.56. The van der Waals surface area contributed by atoms with E-state index in [4.69, 9.17) is 4.42 Å². The zero-order chi connectivity index (χ0) is 20.1. The van der Waals surface area contributed by atoms with E-state index in [1.807, 2.05) is 13.0 Å². The van der Waals surface area contributed by atoms with E-state index in [0.717, 1.165) is 5.76 Å². The molecule has 0 aliphatic rings. The van der Waals surface area contributed by atoms with Crippen molar-refractivity contribution in [1.29, 1.82) is 0 Å². The Morgan fingerprint density at radius 1 is 1.14 bits per heavy atom. The van der Waals surface area contributed by atoms with Gasteiger partial charge in [0.1, 0.15) is 5.76 Å². The van der Waals surface area contributed by atoms with E-state index in [1.54, 1.807) is 42.7 Å². The first-order chi connectivity index (χ1) is 13.5. The standard InChI is InChI=1S/C21H23N3O4/c1-3-11-23-17-8-4-5-9-18(17)24(21(27)20(23)26)12-10-19(25)22-15(2)14-16-7-6-13-28-16/h3-9,13,15H,1,10-12,14H2,2H3,(H,22,25)/t15-/m0/s1. The average Bonchev–Trinajstić information content (AvgIpc) is 3.18. The summed E-state index contributed by atoms with van der Waals surface area (Å²) >= 11 is 0. The predicted molar refractivity (Wildman–Crippen MR) is 107 cm³/mol. The molecule has 0 spiro atoms. The van der Waals surface area contributed by atoms with E-state index < -0.39 is 11.1 Å². The summed E-state index contributed by atoms with van der Waals surface area (Å²) in [7, 11) is 0. The summed E-state index contributed by atoms with van der Waals surface area (Å²) in [6.07, 6.45) is 3.85. The van der Waals surface area contributed by atoms with Crippen molar-refractivity contribution in [3.63, 3.8) is 0 Å². The molecule has 0 unspecified atom stereocenters. The molecule has 28 heavy (non-hydrogen) atoms. The molecule has 7 nitrogen and oxygen atoms in total. The van der Waals surface area contributed by atoms with E-state index in [9.17, 15) is 14.4 Å². The zero-order valence-electron chi connectivity index (χ0n) is 15.8. The van der Waals surface area contributed by atoms with Gasteiger partial charge in [-0.15, -0.1) is 6.58 Å². The molecule has 1 atom stereocenters. The number of benzene rings is 1. The molecule has 0 radical (unpaired) electrons. The molecule has 0 saturated carbocycles. The molecule has 1 amide bonds. The van der Waals surface area contributed by atoms with Crippen molar-refractivity contribution in [3.8, 4) is 0 Å². The largest absolute Gasteiger partial charge is 0.469 e. The highest BCUT2D eigenvalue weighted by atomic mass is 16.3. The number of para-hydroxylation sites is 2. The zero-order valence-corrected chi connectivity index (χ0v) is 15.8. The second-order valence-corrected chi connectivity index (χ2v) is 6.65. The Balaban J connectivity index is 1.77. The maximum absolute atomic E-state index is 12.6. The van der Waals surface area contributed by atoms with Crippen LogP contribution >= 0.6 is 0 Å². The lowest BCUT2D eigenvalue weighted by Crippen LogP contribution is -2.42. The maximum atomic E-state index is 12.6. The minimum Gasteiger partial charge on any atom is -0.469 e. The summed E-state index contributed by atoms with van der Waals surface area (Å²) in [5.41, 5.74) is -0.00819. The van der Waals surface area contributed by atoms with Crippen LogP contribution in [-0.2, 0) is 24.3 Å². The number of carbonyl (C=O) groups is 1. The lowest BCUT2D eigenvalue weighted by Gasteiger charge is -2.15. The van der Waals surface area contributed by atoms with E-state index in [0.29, 0.717) is 17.5 Å². The van der Waals surface area contributed by atoms with E-state index >= 15 is 0 Å². The Labute approximate surface area is 161 Å². The van der Waals surface area contributed by atoms with Gasteiger partial charge in [0, 0.05) is 32.0 Å². The Morgan fingerprint density at radius 3 is 2.46 bits per heavy atom. The third-order valence-electron chi connectivity index (χ3n) is 4.51. The molecule has 0 bridgehead atoms. The van der Waals surface area contributed by atoms with Crippen LogP contribution in [0.4, 0.5) is 0 Å². The molecule has 3 rings (SSSR count). The number of aromatic nitrogens is 2. The van der Waals surface area contributed by atoms with Crippen LogP contribution in [0, 0.1) is 0 Å². The highest BCUT2D eigenvalue weighted by molar-refractivity contribution is 5.77. The highest BCUT2D eigenvalue weighted by Gasteiger charge is 2.14. The molecule has 2 aromatic heterocycles. The average molecular weight is 381 g/mol. The number of aryl methyl sites for hydroxylation is 1. The molecule has 146 valence electrons. The van der Waals surface area contributed by atoms with Gasteiger partial charge in [-0.3, -0.25) is 19.0 Å². The van der Waals surface area contributed by atoms with Gasteiger partial charge in [0.25, 0.3) is 0 Å². The Morgan fingerprint density at radius 2 is 1.82 bits per heavy atom. The quantitative estimate of drug-likeness (QED) is 0.478. The fourth-order valence-corrected chi connectivity index (χ4v) is 3.24. The van der Waals surface area contributed by atoms with Crippen molar-refractivity contribution in [1.82, 2.24) is 14.5 Å². The summed E-state index contributed by atoms with van der Waals surface area (Å²) in [4.78, 5) is 37.3. The van der Waals surface area contributed by atoms with Gasteiger partial charge >= 0.3 is 11.1 Å². The molecular formula is C21H23N3O4. The third-order valence-corrected chi connectivity index (χ3v) is 4.51. The summed E-state index contributed by atoms with van der Waals surface area (Å²) in [5.74, 6) is 0.603. The van der Waals surface area contributed by atoms with Gasteiger partial charge in [0.15, 0.2) is 0 Å². The van der Waals surface area contributed by atoms with Gasteiger partial charge in [-0.2, -0.15) is 0 Å². The molecule has 1 N–H and O–H groups in total. The number of amides is 1. The molecule has 0 fully saturated rings. The van der Waals surface area contributed by atoms with Crippen molar-refractivity contribution in [3.05, 3.63) is 81.8 Å². The van der Waals surface area contributed by atoms with Gasteiger partial charge in [-0.25, -0.2) is 0 Å². The van der Waals surface area contributed by atoms with Crippen molar-refractivity contribution in [2.24, 2.45) is 0 Å². The smallest absolute Gasteiger partial charge is 0.317 e. The topological polar surface area (TPSA) is 86.2 Å². The minimum absolute atomic E-state index is 0.0946. The molecular weight excluding hydrogens is 358 g/mol. The number of hydrogen-bond donors (Lipinski definition) is 1. The van der Waals surface area contributed by atoms with Crippen LogP contribution in [0.1, 0.15) is 19.1 Å². The Kier molecular flexibility index (Phi) is 5.93. The van der Waals surface area contributed by atoms with Crippen LogP contribution in [0.5, 0.6) is 0 Å². The van der Waals surface area contributed by atoms with Crippen LogP contribution in [0.15, 0.2) is 69.3 Å². The molecule has 0 aliphatic carbocycles. The van der Waals surface area contributed by atoms with Gasteiger partial charge in [0.2, 0.25) is 5.91 Å². The Hall–Kier alpha value is -3.35. The fraction of sp³-hybridized carbons (Fsp3) is 0.286. The van der Waals surface area contributed by atoms with Crippen molar-refractivity contribution in [2.75, 3.05) is 0 Å². The van der Waals surface area contributed by atoms with Crippen LogP contribution < -0.4 is 16.4 Å². The van der Waals surface area contributed by atoms with Crippen molar-refractivity contribution < 1.29 is 9.21 Å². The molecule has 0 aliphatic heterocycles. The van der Waals surface area contributed by atoms with Crippen LogP contribution in [-0.4, -0.2) is 21.1 Å². The van der Waals surface area contributed by atoms with E-state index in [1.165, 1.54) is 9.13 Å². The van der Waals surface area contributed by atoms with Gasteiger partial charge in [-0.05, 0) is 31.2 Å². The summed E-state index contributed by atoms with van der Waals surface area (Å²) < 4.78 is 8.05. The number of nitrogens with zero attached hydrogens (tertiary/aromatic N) is 2. The number of nitrogens with one attached hydrogen (secondary N) is 1. The predicted octanol–water partition coefficient (Wildman–Crippen LogP) is 2.08. The lowest BCUT2D eigenvalue weighted by atomic mass is 10.2. The van der Waals surface area contributed by atoms with E-state index in [2.05, 4.69) is 11.9 Å². The fourth-order valence-electron chi connectivity index (χ4n) is 3.24. The number of rotatable bonds is 8. The van der Waals surface area contributed by atoms with Crippen molar-refractivity contribution >= 4 is 16.9 Å². The van der Waals surface area contributed by atoms with Crippen molar-refractivity contribution in [2.45, 2.75) is 38.9 Å². The van der Waals surface area contributed by atoms with Gasteiger partial charge in [-0.1, -0.05) is 18.2 Å². The number of allylic oxidation sites excluding steroid dienone is 1. The van der Waals surface area contributed by atoms with Gasteiger partial charge in [0.05, 0.1) is 17.3 Å². The van der Waals surface area contributed by atoms with Crippen LogP contribution in [0.2, 0.25) is 0 Å². The van der Waals surface area contributed by atoms with Gasteiger partial charge < -0.3 is 14.3 Å². The number of hydrogen-bond acceptors (Lipinski definition) is 4. The molecule has 3 aromatic rings. The van der Waals surface area contributed by atoms with E-state index in [-0.39, 0.29) is 31.5 Å². The molecule has 7 heteroatoms. The maximum Gasteiger partial charge on any atom is 0.317 e. The second-order valence-electron chi connectivity index (χ2n) is 6.65. The summed E-state index contributed by atoms with van der Waals surface area (Å²) in [6.45, 7) is 5.91. The van der Waals surface area contributed by atoms with Crippen LogP contribution in [0.25, 0.3) is 11.0 Å². The number of carbonyl (C=O) groups excluding carboxylic acids is 1. The molecule has 1 aromatic carbocycles. The monoisotopic (exact) mass is 381 g/mol. The number of fused-ring (bicyclic) bond motifs is 1. The first-order valence-electron chi connectivity index (χ1n) is 9.16. The highest BCUT2D eigenvalue weighted by Crippen LogP contribution is 2.11. The normalized spacial score (nSPS) is 12.0. The third kappa shape index (κ3) is 4.14. The first-order valence-corrected chi connectivity index (χ1v) is 9.16. The molecule has 2 heterocycles. The first kappa shape index (κ1) is 19.4. The van der Waals surface area contributed by atoms with Crippen LogP contribution in [0.3, 0.4) is 0 Å². The minimum atomic E-state index is -0.642. The number of furan rings is 1. The molecule has 0 saturated heterocycles. The Bertz CT molecular complexity index is 1090. The summed E-state index contributed by atoms with van der Waals surface area (Å²) in [5, 5.41) is 2.89. The SMILES string of the molecule is C=CCn1c(=O)c(=O)n(CCC(=O)N[C@@H](C)Cc2ccco2)c2ccccc21. The lowest BCUT2D eigenvalue weighted by molar-refractivity contribution is -0.121.